The van der Waals surface area contributed by atoms with Gasteiger partial charge < -0.3 is 15.4 Å². The van der Waals surface area contributed by atoms with E-state index in [4.69, 9.17) is 4.74 Å². The van der Waals surface area contributed by atoms with Gasteiger partial charge in [0.1, 0.15) is 0 Å². The van der Waals surface area contributed by atoms with E-state index in [-0.39, 0.29) is 24.8 Å². The number of rotatable bonds is 8. The van der Waals surface area contributed by atoms with Gasteiger partial charge in [-0.05, 0) is 23.9 Å². The number of aryl methyl sites for hydroxylation is 1. The summed E-state index contributed by atoms with van der Waals surface area (Å²) in [5, 5.41) is 7.29. The Labute approximate surface area is 156 Å². The molecule has 0 fully saturated rings. The normalized spacial score (nSPS) is 11.5. The molecule has 138 valence electrons. The minimum Gasteiger partial charge on any atom is -0.456 e. The zero-order valence-corrected chi connectivity index (χ0v) is 15.6. The number of amides is 2. The Balaban J connectivity index is 1.76. The summed E-state index contributed by atoms with van der Waals surface area (Å²) in [6, 6.07) is 11.0. The first kappa shape index (κ1) is 19.7. The Morgan fingerprint density at radius 2 is 1.88 bits per heavy atom. The van der Waals surface area contributed by atoms with Crippen molar-refractivity contribution < 1.29 is 19.1 Å². The standard InChI is InChI=1S/C19H22N2O4S/c1-13-5-7-15(8-6-13)11-20-18(23)12-25-19(24)10-16(21-14(2)22)17-4-3-9-26-17/h3-9,16H,10-12H2,1-2H3,(H,20,23)(H,21,22). The minimum atomic E-state index is -0.539. The number of hydrogen-bond acceptors (Lipinski definition) is 5. The summed E-state index contributed by atoms with van der Waals surface area (Å²) >= 11 is 1.44. The molecule has 0 spiro atoms. The Bertz CT molecular complexity index is 741. The Kier molecular flexibility index (Phi) is 7.35. The third kappa shape index (κ3) is 6.68. The molecule has 0 aliphatic carbocycles. The highest BCUT2D eigenvalue weighted by Gasteiger charge is 2.19. The van der Waals surface area contributed by atoms with Crippen molar-refractivity contribution >= 4 is 29.1 Å². The quantitative estimate of drug-likeness (QED) is 0.695. The fraction of sp³-hybridized carbons (Fsp3) is 0.316. The van der Waals surface area contributed by atoms with Gasteiger partial charge in [-0.1, -0.05) is 35.9 Å². The number of hydrogen-bond donors (Lipinski definition) is 2. The van der Waals surface area contributed by atoms with E-state index in [9.17, 15) is 14.4 Å². The molecular formula is C19H22N2O4S. The van der Waals surface area contributed by atoms with Crippen LogP contribution >= 0.6 is 11.3 Å². The van der Waals surface area contributed by atoms with Crippen LogP contribution in [0, 0.1) is 6.92 Å². The molecule has 1 atom stereocenters. The third-order valence-corrected chi connectivity index (χ3v) is 4.60. The lowest BCUT2D eigenvalue weighted by Gasteiger charge is -2.15. The largest absolute Gasteiger partial charge is 0.456 e. The van der Waals surface area contributed by atoms with E-state index in [0.29, 0.717) is 6.54 Å². The van der Waals surface area contributed by atoms with Gasteiger partial charge in [0, 0.05) is 18.3 Å². The first-order chi connectivity index (χ1) is 12.4. The van der Waals surface area contributed by atoms with Crippen LogP contribution in [-0.4, -0.2) is 24.4 Å². The molecule has 0 radical (unpaired) electrons. The highest BCUT2D eigenvalue weighted by molar-refractivity contribution is 7.10. The van der Waals surface area contributed by atoms with Crippen LogP contribution in [0.15, 0.2) is 41.8 Å². The lowest BCUT2D eigenvalue weighted by molar-refractivity contribution is -0.149. The van der Waals surface area contributed by atoms with Crippen LogP contribution in [0.5, 0.6) is 0 Å². The number of carbonyl (C=O) groups excluding carboxylic acids is 3. The van der Waals surface area contributed by atoms with E-state index >= 15 is 0 Å². The van der Waals surface area contributed by atoms with E-state index in [2.05, 4.69) is 10.6 Å². The first-order valence-corrected chi connectivity index (χ1v) is 9.10. The number of nitrogens with one attached hydrogen (secondary N) is 2. The van der Waals surface area contributed by atoms with Crippen LogP contribution in [0.4, 0.5) is 0 Å². The van der Waals surface area contributed by atoms with Crippen LogP contribution in [0.2, 0.25) is 0 Å². The molecule has 0 bridgehead atoms. The van der Waals surface area contributed by atoms with Gasteiger partial charge in [0.05, 0.1) is 12.5 Å². The zero-order chi connectivity index (χ0) is 18.9. The lowest BCUT2D eigenvalue weighted by Crippen LogP contribution is -2.31. The molecule has 2 aromatic rings. The first-order valence-electron chi connectivity index (χ1n) is 8.22. The van der Waals surface area contributed by atoms with Gasteiger partial charge in [0.25, 0.3) is 5.91 Å². The van der Waals surface area contributed by atoms with Crippen LogP contribution < -0.4 is 10.6 Å². The Morgan fingerprint density at radius 1 is 1.15 bits per heavy atom. The molecule has 2 rings (SSSR count). The van der Waals surface area contributed by atoms with Crippen molar-refractivity contribution in [1.29, 1.82) is 0 Å². The smallest absolute Gasteiger partial charge is 0.308 e. The maximum absolute atomic E-state index is 12.0. The van der Waals surface area contributed by atoms with E-state index in [1.54, 1.807) is 0 Å². The molecule has 1 unspecified atom stereocenters. The van der Waals surface area contributed by atoms with Gasteiger partial charge in [-0.25, -0.2) is 0 Å². The molecule has 0 saturated carbocycles. The van der Waals surface area contributed by atoms with Gasteiger partial charge >= 0.3 is 5.97 Å². The van der Waals surface area contributed by atoms with Gasteiger partial charge in [-0.2, -0.15) is 0 Å². The summed E-state index contributed by atoms with van der Waals surface area (Å²) in [5.74, 6) is -1.14. The molecule has 1 heterocycles. The second-order valence-electron chi connectivity index (χ2n) is 5.90. The van der Waals surface area contributed by atoms with Crippen molar-refractivity contribution in [3.8, 4) is 0 Å². The van der Waals surface area contributed by atoms with Crippen LogP contribution in [-0.2, 0) is 25.7 Å². The minimum absolute atomic E-state index is 0.0225. The molecule has 7 heteroatoms. The van der Waals surface area contributed by atoms with Crippen molar-refractivity contribution in [2.75, 3.05) is 6.61 Å². The fourth-order valence-corrected chi connectivity index (χ4v) is 3.06. The number of thiophene rings is 1. The van der Waals surface area contributed by atoms with Crippen LogP contribution in [0.25, 0.3) is 0 Å². The van der Waals surface area contributed by atoms with Crippen molar-refractivity contribution in [3.05, 3.63) is 57.8 Å². The van der Waals surface area contributed by atoms with Crippen molar-refractivity contribution in [1.82, 2.24) is 10.6 Å². The summed E-state index contributed by atoms with van der Waals surface area (Å²) in [7, 11) is 0. The number of benzene rings is 1. The van der Waals surface area contributed by atoms with Crippen LogP contribution in [0.1, 0.15) is 35.4 Å². The molecule has 6 nitrogen and oxygen atoms in total. The van der Waals surface area contributed by atoms with Gasteiger partial charge in [-0.3, -0.25) is 14.4 Å². The highest BCUT2D eigenvalue weighted by atomic mass is 32.1. The molecule has 0 saturated heterocycles. The fourth-order valence-electron chi connectivity index (χ4n) is 2.29. The van der Waals surface area contributed by atoms with E-state index in [1.165, 1.54) is 18.3 Å². The predicted molar refractivity (Wildman–Crippen MR) is 99.5 cm³/mol. The maximum Gasteiger partial charge on any atom is 0.308 e. The topological polar surface area (TPSA) is 84.5 Å². The van der Waals surface area contributed by atoms with Gasteiger partial charge in [0.15, 0.2) is 6.61 Å². The summed E-state index contributed by atoms with van der Waals surface area (Å²) in [6.07, 6.45) is -0.0225. The highest BCUT2D eigenvalue weighted by Crippen LogP contribution is 2.22. The average Bonchev–Trinajstić information content (AvgIpc) is 3.13. The Hall–Kier alpha value is -2.67. The summed E-state index contributed by atoms with van der Waals surface area (Å²) < 4.78 is 5.02. The lowest BCUT2D eigenvalue weighted by atomic mass is 10.1. The zero-order valence-electron chi connectivity index (χ0n) is 14.8. The monoisotopic (exact) mass is 374 g/mol. The molecule has 2 N–H and O–H groups in total. The molecule has 0 aliphatic heterocycles. The van der Waals surface area contributed by atoms with Crippen LogP contribution in [0.3, 0.4) is 0 Å². The number of carbonyl (C=O) groups is 3. The number of esters is 1. The molecule has 1 aromatic carbocycles. The molecule has 2 amide bonds. The van der Waals surface area contributed by atoms with Gasteiger partial charge in [0.2, 0.25) is 5.91 Å². The van der Waals surface area contributed by atoms with Crippen molar-refractivity contribution in [3.63, 3.8) is 0 Å². The summed E-state index contributed by atoms with van der Waals surface area (Å²) in [4.78, 5) is 36.0. The Morgan fingerprint density at radius 3 is 2.50 bits per heavy atom. The molecule has 26 heavy (non-hydrogen) atoms. The van der Waals surface area contributed by atoms with E-state index in [0.717, 1.165) is 16.0 Å². The summed E-state index contributed by atoms with van der Waals surface area (Å²) in [5.41, 5.74) is 2.12. The summed E-state index contributed by atoms with van der Waals surface area (Å²) in [6.45, 7) is 3.42. The maximum atomic E-state index is 12.0. The van der Waals surface area contributed by atoms with Gasteiger partial charge in [-0.15, -0.1) is 11.3 Å². The SMILES string of the molecule is CC(=O)NC(CC(=O)OCC(=O)NCc1ccc(C)cc1)c1cccs1. The molecule has 1 aromatic heterocycles. The average molecular weight is 374 g/mol. The number of ether oxygens (including phenoxy) is 1. The second kappa shape index (κ2) is 9.72. The third-order valence-electron chi connectivity index (χ3n) is 3.61. The van der Waals surface area contributed by atoms with E-state index in [1.807, 2.05) is 48.7 Å². The second-order valence-corrected chi connectivity index (χ2v) is 6.87. The predicted octanol–water partition coefficient (Wildman–Crippen LogP) is 2.48. The van der Waals surface area contributed by atoms with Crippen molar-refractivity contribution in [2.45, 2.75) is 32.9 Å². The van der Waals surface area contributed by atoms with E-state index < -0.39 is 12.0 Å². The molecular weight excluding hydrogens is 352 g/mol. The van der Waals surface area contributed by atoms with Crippen molar-refractivity contribution in [2.24, 2.45) is 0 Å². The molecule has 0 aliphatic rings.